The summed E-state index contributed by atoms with van der Waals surface area (Å²) in [5.41, 5.74) is 7.80. The van der Waals surface area contributed by atoms with Gasteiger partial charge < -0.3 is 21.4 Å². The van der Waals surface area contributed by atoms with Gasteiger partial charge in [-0.25, -0.2) is 4.98 Å². The summed E-state index contributed by atoms with van der Waals surface area (Å²) in [5, 5.41) is 5.90. The number of rotatable bonds is 5. The number of aromatic amines is 1. The first kappa shape index (κ1) is 12.9. The number of amides is 1. The van der Waals surface area contributed by atoms with E-state index in [1.54, 1.807) is 30.6 Å². The Morgan fingerprint density at radius 1 is 1.47 bits per heavy atom. The van der Waals surface area contributed by atoms with Crippen molar-refractivity contribution in [3.05, 3.63) is 42.0 Å². The molecule has 0 aliphatic heterocycles. The second kappa shape index (κ2) is 5.90. The average molecular weight is 259 g/mol. The number of nitrogens with one attached hydrogen (secondary N) is 3. The van der Waals surface area contributed by atoms with E-state index in [0.717, 1.165) is 11.5 Å². The molecule has 1 aromatic carbocycles. The predicted molar refractivity (Wildman–Crippen MR) is 74.8 cm³/mol. The topological polar surface area (TPSA) is 95.8 Å². The number of carbonyl (C=O) groups excluding carboxylic acids is 1. The van der Waals surface area contributed by atoms with Crippen molar-refractivity contribution in [3.8, 4) is 0 Å². The zero-order valence-electron chi connectivity index (χ0n) is 10.7. The smallest absolute Gasteiger partial charge is 0.251 e. The minimum Gasteiger partial charge on any atom is -0.397 e. The van der Waals surface area contributed by atoms with Crippen molar-refractivity contribution in [2.75, 3.05) is 17.6 Å². The zero-order valence-corrected chi connectivity index (χ0v) is 10.7. The Kier molecular flexibility index (Phi) is 4.02. The largest absolute Gasteiger partial charge is 0.397 e. The van der Waals surface area contributed by atoms with Gasteiger partial charge >= 0.3 is 0 Å². The molecule has 0 radical (unpaired) electrons. The van der Waals surface area contributed by atoms with E-state index in [1.807, 2.05) is 6.92 Å². The average Bonchev–Trinajstić information content (AvgIpc) is 2.90. The molecule has 1 amide bonds. The molecule has 5 N–H and O–H groups in total. The second-order valence-electron chi connectivity index (χ2n) is 4.05. The Morgan fingerprint density at radius 2 is 2.32 bits per heavy atom. The molecule has 2 aromatic rings. The van der Waals surface area contributed by atoms with Crippen LogP contribution in [0.5, 0.6) is 0 Å². The highest BCUT2D eigenvalue weighted by atomic mass is 16.1. The Hall–Kier alpha value is -2.50. The maximum absolute atomic E-state index is 11.7. The lowest BCUT2D eigenvalue weighted by atomic mass is 10.1. The van der Waals surface area contributed by atoms with Gasteiger partial charge in [0.1, 0.15) is 5.82 Å². The molecule has 2 rings (SSSR count). The molecule has 0 aliphatic rings. The molecule has 1 aromatic heterocycles. The molecular weight excluding hydrogens is 242 g/mol. The van der Waals surface area contributed by atoms with Crippen molar-refractivity contribution in [1.29, 1.82) is 0 Å². The molecule has 19 heavy (non-hydrogen) atoms. The number of hydrogen-bond acceptors (Lipinski definition) is 4. The van der Waals surface area contributed by atoms with E-state index in [4.69, 9.17) is 5.73 Å². The lowest BCUT2D eigenvalue weighted by Gasteiger charge is -2.10. The van der Waals surface area contributed by atoms with E-state index in [0.29, 0.717) is 24.3 Å². The Morgan fingerprint density at radius 3 is 2.95 bits per heavy atom. The molecule has 0 atom stereocenters. The minimum atomic E-state index is -0.119. The number of benzene rings is 1. The maximum Gasteiger partial charge on any atom is 0.251 e. The van der Waals surface area contributed by atoms with Gasteiger partial charge in [0.25, 0.3) is 5.91 Å². The first-order valence-electron chi connectivity index (χ1n) is 6.10. The van der Waals surface area contributed by atoms with Crippen LogP contribution in [-0.4, -0.2) is 22.4 Å². The number of anilines is 2. The summed E-state index contributed by atoms with van der Waals surface area (Å²) in [6, 6.07) is 5.20. The molecular formula is C13H17N5O. The lowest BCUT2D eigenvalue weighted by molar-refractivity contribution is 0.0956. The monoisotopic (exact) mass is 259 g/mol. The molecule has 0 unspecified atom stereocenters. The van der Waals surface area contributed by atoms with Crippen LogP contribution in [0.3, 0.4) is 0 Å². The number of carbonyl (C=O) groups is 1. The SMILES string of the molecule is CCNC(=O)c1ccc(NCc2ncc[nH]2)c(N)c1. The number of nitrogens with two attached hydrogens (primary N) is 1. The van der Waals surface area contributed by atoms with Crippen molar-refractivity contribution in [2.45, 2.75) is 13.5 Å². The zero-order chi connectivity index (χ0) is 13.7. The Labute approximate surface area is 111 Å². The van der Waals surface area contributed by atoms with Gasteiger partial charge in [-0.1, -0.05) is 0 Å². The third-order valence-electron chi connectivity index (χ3n) is 2.65. The molecule has 6 heteroatoms. The van der Waals surface area contributed by atoms with Crippen LogP contribution in [-0.2, 0) is 6.54 Å². The molecule has 6 nitrogen and oxygen atoms in total. The highest BCUT2D eigenvalue weighted by Gasteiger charge is 2.07. The van der Waals surface area contributed by atoms with Crippen molar-refractivity contribution in [3.63, 3.8) is 0 Å². The van der Waals surface area contributed by atoms with Gasteiger partial charge in [0.15, 0.2) is 0 Å². The van der Waals surface area contributed by atoms with Crippen molar-refractivity contribution in [1.82, 2.24) is 15.3 Å². The van der Waals surface area contributed by atoms with Crippen LogP contribution in [0.4, 0.5) is 11.4 Å². The fourth-order valence-electron chi connectivity index (χ4n) is 1.70. The summed E-state index contributed by atoms with van der Waals surface area (Å²) in [7, 11) is 0. The number of nitrogen functional groups attached to an aromatic ring is 1. The molecule has 100 valence electrons. The van der Waals surface area contributed by atoms with Crippen LogP contribution in [0.15, 0.2) is 30.6 Å². The summed E-state index contributed by atoms with van der Waals surface area (Å²) in [6.45, 7) is 3.02. The van der Waals surface area contributed by atoms with Gasteiger partial charge in [0.2, 0.25) is 0 Å². The fraction of sp³-hybridized carbons (Fsp3) is 0.231. The van der Waals surface area contributed by atoms with Gasteiger partial charge in [-0.3, -0.25) is 4.79 Å². The molecule has 1 heterocycles. The standard InChI is InChI=1S/C13H17N5O/c1-2-15-13(19)9-3-4-11(10(14)7-9)18-8-12-16-5-6-17-12/h3-7,18H,2,8,14H2,1H3,(H,15,19)(H,16,17). The number of imidazole rings is 1. The number of nitrogens with zero attached hydrogens (tertiary/aromatic N) is 1. The van der Waals surface area contributed by atoms with Crippen LogP contribution >= 0.6 is 0 Å². The predicted octanol–water partition coefficient (Wildman–Crippen LogP) is 1.35. The third-order valence-corrected chi connectivity index (χ3v) is 2.65. The van der Waals surface area contributed by atoms with Gasteiger partial charge in [0.05, 0.1) is 17.9 Å². The third kappa shape index (κ3) is 3.25. The summed E-state index contributed by atoms with van der Waals surface area (Å²) in [5.74, 6) is 0.707. The van der Waals surface area contributed by atoms with Crippen LogP contribution < -0.4 is 16.4 Å². The number of aromatic nitrogens is 2. The molecule has 0 bridgehead atoms. The second-order valence-corrected chi connectivity index (χ2v) is 4.05. The van der Waals surface area contributed by atoms with Crippen molar-refractivity contribution >= 4 is 17.3 Å². The van der Waals surface area contributed by atoms with Gasteiger partial charge in [0, 0.05) is 24.5 Å². The van der Waals surface area contributed by atoms with Crippen molar-refractivity contribution < 1.29 is 4.79 Å². The Bertz CT molecular complexity index is 550. The summed E-state index contributed by atoms with van der Waals surface area (Å²) < 4.78 is 0. The van der Waals surface area contributed by atoms with E-state index in [2.05, 4.69) is 20.6 Å². The van der Waals surface area contributed by atoms with E-state index in [9.17, 15) is 4.79 Å². The normalized spacial score (nSPS) is 10.2. The van der Waals surface area contributed by atoms with E-state index < -0.39 is 0 Å². The molecule has 0 aliphatic carbocycles. The first-order chi connectivity index (χ1) is 9.20. The van der Waals surface area contributed by atoms with E-state index >= 15 is 0 Å². The van der Waals surface area contributed by atoms with E-state index in [-0.39, 0.29) is 5.91 Å². The molecule has 0 spiro atoms. The highest BCUT2D eigenvalue weighted by Crippen LogP contribution is 2.20. The van der Waals surface area contributed by atoms with Crippen LogP contribution in [0.25, 0.3) is 0 Å². The van der Waals surface area contributed by atoms with E-state index in [1.165, 1.54) is 0 Å². The first-order valence-corrected chi connectivity index (χ1v) is 6.10. The van der Waals surface area contributed by atoms with Gasteiger partial charge in [-0.15, -0.1) is 0 Å². The van der Waals surface area contributed by atoms with Gasteiger partial charge in [-0.2, -0.15) is 0 Å². The molecule has 0 fully saturated rings. The van der Waals surface area contributed by atoms with Crippen LogP contribution in [0.2, 0.25) is 0 Å². The maximum atomic E-state index is 11.7. The number of hydrogen-bond donors (Lipinski definition) is 4. The summed E-state index contributed by atoms with van der Waals surface area (Å²) in [4.78, 5) is 18.8. The van der Waals surface area contributed by atoms with Crippen LogP contribution in [0, 0.1) is 0 Å². The summed E-state index contributed by atoms with van der Waals surface area (Å²) >= 11 is 0. The lowest BCUT2D eigenvalue weighted by Crippen LogP contribution is -2.22. The quantitative estimate of drug-likeness (QED) is 0.609. The summed E-state index contributed by atoms with van der Waals surface area (Å²) in [6.07, 6.45) is 3.46. The van der Waals surface area contributed by atoms with Crippen molar-refractivity contribution in [2.24, 2.45) is 0 Å². The highest BCUT2D eigenvalue weighted by molar-refractivity contribution is 5.96. The molecule has 0 saturated heterocycles. The van der Waals surface area contributed by atoms with Gasteiger partial charge in [-0.05, 0) is 25.1 Å². The number of H-pyrrole nitrogens is 1. The fourth-order valence-corrected chi connectivity index (χ4v) is 1.70. The van der Waals surface area contributed by atoms with Crippen LogP contribution in [0.1, 0.15) is 23.1 Å². The minimum absolute atomic E-state index is 0.119. The molecule has 0 saturated carbocycles. The Balaban J connectivity index is 2.04.